The van der Waals surface area contributed by atoms with Crippen molar-refractivity contribution in [1.29, 1.82) is 0 Å². The van der Waals surface area contributed by atoms with Gasteiger partial charge in [0.1, 0.15) is 11.2 Å². The van der Waals surface area contributed by atoms with E-state index in [2.05, 4.69) is 5.32 Å². The minimum atomic E-state index is -0.543. The van der Waals surface area contributed by atoms with E-state index in [0.29, 0.717) is 25.9 Å². The molecule has 2 aromatic heterocycles. The number of carbonyl (C=O) groups is 1. The second-order valence-electron chi connectivity index (χ2n) is 7.52. The van der Waals surface area contributed by atoms with Gasteiger partial charge in [0, 0.05) is 15.7 Å². The van der Waals surface area contributed by atoms with Crippen LogP contribution in [0.4, 0.5) is 5.69 Å². The molecule has 0 aliphatic rings. The minimum absolute atomic E-state index is 0.123. The number of halogens is 2. The smallest absolute Gasteiger partial charge is 0.324 e. The number of nitrogens with zero attached hydrogens (tertiary/aromatic N) is 2. The summed E-state index contributed by atoms with van der Waals surface area (Å²) in [6, 6.07) is 12.2. The van der Waals surface area contributed by atoms with Crippen LogP contribution in [0.5, 0.6) is 0 Å². The lowest BCUT2D eigenvalue weighted by Crippen LogP contribution is -2.41. The molecule has 0 spiro atoms. The summed E-state index contributed by atoms with van der Waals surface area (Å²) in [6.07, 6.45) is 0. The maximum atomic E-state index is 13.3. The van der Waals surface area contributed by atoms with E-state index in [4.69, 9.17) is 23.2 Å². The topological polar surface area (TPSA) is 73.1 Å². The number of fused-ring (bicyclic) bond motifs is 1. The van der Waals surface area contributed by atoms with Crippen LogP contribution in [-0.4, -0.2) is 15.0 Å². The lowest BCUT2D eigenvalue weighted by atomic mass is 10.1. The fourth-order valence-electron chi connectivity index (χ4n) is 3.48. The maximum absolute atomic E-state index is 13.3. The fourth-order valence-corrected chi connectivity index (χ4v) is 4.85. The quantitative estimate of drug-likeness (QED) is 0.437. The molecule has 164 valence electrons. The first-order valence-electron chi connectivity index (χ1n) is 9.76. The molecule has 2 heterocycles. The summed E-state index contributed by atoms with van der Waals surface area (Å²) in [6.45, 7) is 3.85. The normalized spacial score (nSPS) is 11.1. The zero-order valence-corrected chi connectivity index (χ0v) is 19.6. The number of hydrogen-bond donors (Lipinski definition) is 1. The summed E-state index contributed by atoms with van der Waals surface area (Å²) in [5.74, 6) is -0.436. The zero-order chi connectivity index (χ0) is 23.0. The third-order valence-electron chi connectivity index (χ3n) is 5.20. The maximum Gasteiger partial charge on any atom is 0.332 e. The second-order valence-corrected chi connectivity index (χ2v) is 9.31. The second kappa shape index (κ2) is 8.94. The Balaban J connectivity index is 1.72. The lowest BCUT2D eigenvalue weighted by Gasteiger charge is -2.13. The van der Waals surface area contributed by atoms with E-state index in [9.17, 15) is 14.4 Å². The van der Waals surface area contributed by atoms with Crippen molar-refractivity contribution in [1.82, 2.24) is 9.13 Å². The fraction of sp³-hybridized carbons (Fsp3) is 0.174. The van der Waals surface area contributed by atoms with E-state index in [0.717, 1.165) is 16.7 Å². The summed E-state index contributed by atoms with van der Waals surface area (Å²) in [5.41, 5.74) is 2.99. The molecular weight excluding hydrogens is 469 g/mol. The molecule has 0 bridgehead atoms. The molecule has 2 aromatic carbocycles. The van der Waals surface area contributed by atoms with Gasteiger partial charge in [0.2, 0.25) is 5.91 Å². The van der Waals surface area contributed by atoms with E-state index in [1.165, 1.54) is 20.5 Å². The Kier molecular flexibility index (Phi) is 6.24. The Morgan fingerprint density at radius 2 is 1.69 bits per heavy atom. The Hall–Kier alpha value is -2.87. The molecule has 0 unspecified atom stereocenters. The van der Waals surface area contributed by atoms with Crippen molar-refractivity contribution in [3.8, 4) is 0 Å². The summed E-state index contributed by atoms with van der Waals surface area (Å²) >= 11 is 13.2. The molecule has 0 saturated carbocycles. The molecule has 6 nitrogen and oxygen atoms in total. The van der Waals surface area contributed by atoms with Gasteiger partial charge in [-0.3, -0.25) is 18.7 Å². The summed E-state index contributed by atoms with van der Waals surface area (Å²) < 4.78 is 2.91. The van der Waals surface area contributed by atoms with E-state index in [1.54, 1.807) is 29.6 Å². The average Bonchev–Trinajstić information content (AvgIpc) is 3.20. The molecule has 0 saturated heterocycles. The number of nitrogens with one attached hydrogen (secondary N) is 1. The molecule has 0 atom stereocenters. The van der Waals surface area contributed by atoms with E-state index >= 15 is 0 Å². The summed E-state index contributed by atoms with van der Waals surface area (Å²) in [5, 5.41) is 5.20. The molecule has 0 aliphatic heterocycles. The van der Waals surface area contributed by atoms with Gasteiger partial charge in [-0.2, -0.15) is 0 Å². The van der Waals surface area contributed by atoms with Gasteiger partial charge < -0.3 is 5.32 Å². The number of aromatic nitrogens is 2. The van der Waals surface area contributed by atoms with Gasteiger partial charge in [0.05, 0.1) is 12.1 Å². The van der Waals surface area contributed by atoms with Crippen LogP contribution in [0.1, 0.15) is 16.7 Å². The monoisotopic (exact) mass is 487 g/mol. The first-order chi connectivity index (χ1) is 15.2. The molecule has 1 N–H and O–H groups in total. The number of anilines is 1. The largest absolute Gasteiger partial charge is 0.332 e. The highest BCUT2D eigenvalue weighted by Gasteiger charge is 2.17. The minimum Gasteiger partial charge on any atom is -0.324 e. The highest BCUT2D eigenvalue weighted by atomic mass is 35.5. The number of thiophene rings is 1. The van der Waals surface area contributed by atoms with Gasteiger partial charge in [-0.1, -0.05) is 41.4 Å². The van der Waals surface area contributed by atoms with Gasteiger partial charge in [-0.05, 0) is 60.2 Å². The predicted molar refractivity (Wildman–Crippen MR) is 130 cm³/mol. The number of carbonyl (C=O) groups excluding carboxylic acids is 1. The molecule has 4 rings (SSSR count). The number of aryl methyl sites for hydroxylation is 2. The number of amides is 1. The SMILES string of the molecule is Cc1ccc(Cn2c(=O)c3sccc3n(CC(=O)Nc3cc(Cl)cc(Cl)c3)c2=O)cc1C. The van der Waals surface area contributed by atoms with Crippen LogP contribution in [0, 0.1) is 13.8 Å². The molecule has 4 aromatic rings. The highest BCUT2D eigenvalue weighted by Crippen LogP contribution is 2.22. The first kappa shape index (κ1) is 22.3. The van der Waals surface area contributed by atoms with Crippen molar-refractivity contribution in [2.45, 2.75) is 26.9 Å². The van der Waals surface area contributed by atoms with Crippen molar-refractivity contribution < 1.29 is 4.79 Å². The average molecular weight is 488 g/mol. The van der Waals surface area contributed by atoms with Crippen molar-refractivity contribution >= 4 is 56.3 Å². The number of benzene rings is 2. The van der Waals surface area contributed by atoms with Crippen LogP contribution in [0.2, 0.25) is 10.0 Å². The van der Waals surface area contributed by atoms with Crippen molar-refractivity contribution in [2.24, 2.45) is 0 Å². The predicted octanol–water partition coefficient (Wildman–Crippen LogP) is 4.84. The standard InChI is InChI=1S/C23H19Cl2N3O3S/c1-13-3-4-15(7-14(13)2)11-28-22(30)21-19(5-6-32-21)27(23(28)31)12-20(29)26-18-9-16(24)8-17(25)10-18/h3-10H,11-12H2,1-2H3,(H,26,29). The molecule has 0 radical (unpaired) electrons. The Bertz CT molecular complexity index is 1450. The highest BCUT2D eigenvalue weighted by molar-refractivity contribution is 7.17. The van der Waals surface area contributed by atoms with Gasteiger partial charge in [-0.25, -0.2) is 4.79 Å². The van der Waals surface area contributed by atoms with Gasteiger partial charge in [0.15, 0.2) is 0 Å². The lowest BCUT2D eigenvalue weighted by molar-refractivity contribution is -0.116. The molecule has 9 heteroatoms. The summed E-state index contributed by atoms with van der Waals surface area (Å²) in [7, 11) is 0. The van der Waals surface area contributed by atoms with Crippen LogP contribution in [-0.2, 0) is 17.9 Å². The summed E-state index contributed by atoms with van der Waals surface area (Å²) in [4.78, 5) is 39.0. The molecule has 0 aliphatic carbocycles. The van der Waals surface area contributed by atoms with Crippen molar-refractivity contribution in [2.75, 3.05) is 5.32 Å². The van der Waals surface area contributed by atoms with Crippen LogP contribution < -0.4 is 16.6 Å². The first-order valence-corrected chi connectivity index (χ1v) is 11.4. The van der Waals surface area contributed by atoms with Gasteiger partial charge in [-0.15, -0.1) is 11.3 Å². The molecule has 0 fully saturated rings. The van der Waals surface area contributed by atoms with Crippen LogP contribution in [0.25, 0.3) is 10.2 Å². The van der Waals surface area contributed by atoms with Crippen LogP contribution in [0.15, 0.2) is 57.4 Å². The number of rotatable bonds is 5. The number of hydrogen-bond acceptors (Lipinski definition) is 4. The Morgan fingerprint density at radius 1 is 0.969 bits per heavy atom. The van der Waals surface area contributed by atoms with Crippen molar-refractivity contribution in [3.05, 3.63) is 95.4 Å². The van der Waals surface area contributed by atoms with E-state index in [1.807, 2.05) is 32.0 Å². The molecular formula is C23H19Cl2N3O3S. The van der Waals surface area contributed by atoms with Gasteiger partial charge >= 0.3 is 5.69 Å². The van der Waals surface area contributed by atoms with E-state index in [-0.39, 0.29) is 18.6 Å². The Labute approximate surface area is 197 Å². The third-order valence-corrected chi connectivity index (χ3v) is 6.52. The van der Waals surface area contributed by atoms with Crippen LogP contribution >= 0.6 is 34.5 Å². The molecule has 1 amide bonds. The van der Waals surface area contributed by atoms with Crippen molar-refractivity contribution in [3.63, 3.8) is 0 Å². The zero-order valence-electron chi connectivity index (χ0n) is 17.3. The Morgan fingerprint density at radius 3 is 2.38 bits per heavy atom. The molecule has 32 heavy (non-hydrogen) atoms. The van der Waals surface area contributed by atoms with Gasteiger partial charge in [0.25, 0.3) is 5.56 Å². The van der Waals surface area contributed by atoms with Crippen LogP contribution in [0.3, 0.4) is 0 Å². The third kappa shape index (κ3) is 4.50. The van der Waals surface area contributed by atoms with E-state index < -0.39 is 11.6 Å².